The first-order chi connectivity index (χ1) is 14.8. The molecule has 158 valence electrons. The zero-order chi connectivity index (χ0) is 22.0. The lowest BCUT2D eigenvalue weighted by Gasteiger charge is -2.07. The number of amides is 1. The van der Waals surface area contributed by atoms with Crippen LogP contribution >= 0.6 is 0 Å². The molecule has 0 fully saturated rings. The van der Waals surface area contributed by atoms with Crippen molar-refractivity contribution >= 4 is 11.6 Å². The SMILES string of the molecule is Cc1nc(C(=O)Nc2ccc(Oc3ccncc3)cc2)nn1-c1n[nH]c(C(F)(F)F)n1. The minimum atomic E-state index is -4.69. The van der Waals surface area contributed by atoms with Crippen molar-refractivity contribution in [3.8, 4) is 17.4 Å². The van der Waals surface area contributed by atoms with Crippen LogP contribution in [0.4, 0.5) is 18.9 Å². The Morgan fingerprint density at radius 3 is 2.39 bits per heavy atom. The molecule has 1 aromatic carbocycles. The van der Waals surface area contributed by atoms with Gasteiger partial charge in [0.1, 0.15) is 17.3 Å². The summed E-state index contributed by atoms with van der Waals surface area (Å²) in [5.41, 5.74) is 0.443. The van der Waals surface area contributed by atoms with Crippen LogP contribution in [-0.4, -0.2) is 40.8 Å². The molecule has 3 heterocycles. The molecule has 0 aliphatic heterocycles. The maximum absolute atomic E-state index is 12.7. The van der Waals surface area contributed by atoms with Crippen molar-refractivity contribution in [2.75, 3.05) is 5.32 Å². The van der Waals surface area contributed by atoms with E-state index in [9.17, 15) is 18.0 Å². The molecule has 2 N–H and O–H groups in total. The number of nitrogens with one attached hydrogen (secondary N) is 2. The second kappa shape index (κ2) is 7.85. The van der Waals surface area contributed by atoms with Crippen molar-refractivity contribution < 1.29 is 22.7 Å². The van der Waals surface area contributed by atoms with Gasteiger partial charge < -0.3 is 10.1 Å². The van der Waals surface area contributed by atoms with Crippen LogP contribution in [0.15, 0.2) is 48.8 Å². The van der Waals surface area contributed by atoms with Crippen LogP contribution in [0.5, 0.6) is 11.5 Å². The fourth-order valence-electron chi connectivity index (χ4n) is 2.49. The van der Waals surface area contributed by atoms with Gasteiger partial charge in [0.05, 0.1) is 0 Å². The highest BCUT2D eigenvalue weighted by Crippen LogP contribution is 2.26. The van der Waals surface area contributed by atoms with Crippen LogP contribution in [0.2, 0.25) is 0 Å². The Hall–Kier alpha value is -4.29. The minimum Gasteiger partial charge on any atom is -0.457 e. The van der Waals surface area contributed by atoms with Gasteiger partial charge in [-0.2, -0.15) is 22.8 Å². The number of ether oxygens (including phenoxy) is 1. The first-order valence-corrected chi connectivity index (χ1v) is 8.72. The Kier molecular flexibility index (Phi) is 5.07. The largest absolute Gasteiger partial charge is 0.457 e. The number of carbonyl (C=O) groups is 1. The van der Waals surface area contributed by atoms with Gasteiger partial charge in [-0.1, -0.05) is 0 Å². The average Bonchev–Trinajstić information content (AvgIpc) is 3.37. The number of carbonyl (C=O) groups excluding carboxylic acids is 1. The molecular weight excluding hydrogens is 417 g/mol. The Morgan fingerprint density at radius 1 is 1.06 bits per heavy atom. The third kappa shape index (κ3) is 4.49. The molecule has 0 spiro atoms. The van der Waals surface area contributed by atoms with Crippen LogP contribution < -0.4 is 10.1 Å². The Balaban J connectivity index is 1.45. The second-order valence-electron chi connectivity index (χ2n) is 6.14. The predicted molar refractivity (Wildman–Crippen MR) is 99.7 cm³/mol. The van der Waals surface area contributed by atoms with Gasteiger partial charge in [0.15, 0.2) is 0 Å². The summed E-state index contributed by atoms with van der Waals surface area (Å²) in [6, 6.07) is 9.93. The number of rotatable bonds is 5. The van der Waals surface area contributed by atoms with Gasteiger partial charge in [-0.05, 0) is 43.3 Å². The number of aromatic nitrogens is 7. The molecule has 0 bridgehead atoms. The number of pyridine rings is 1. The summed E-state index contributed by atoms with van der Waals surface area (Å²) in [4.78, 5) is 23.6. The summed E-state index contributed by atoms with van der Waals surface area (Å²) in [6.07, 6.45) is -1.49. The molecule has 0 aliphatic carbocycles. The van der Waals surface area contributed by atoms with Crippen molar-refractivity contribution in [3.05, 3.63) is 66.3 Å². The third-order valence-corrected chi connectivity index (χ3v) is 3.90. The molecule has 4 rings (SSSR count). The maximum atomic E-state index is 12.7. The zero-order valence-electron chi connectivity index (χ0n) is 15.8. The number of hydrogen-bond acceptors (Lipinski definition) is 7. The first-order valence-electron chi connectivity index (χ1n) is 8.72. The van der Waals surface area contributed by atoms with Gasteiger partial charge in [-0.15, -0.1) is 10.2 Å². The molecule has 1 amide bonds. The van der Waals surface area contributed by atoms with Crippen LogP contribution in [0, 0.1) is 6.92 Å². The summed E-state index contributed by atoms with van der Waals surface area (Å²) >= 11 is 0. The highest BCUT2D eigenvalue weighted by molar-refractivity contribution is 6.01. The number of H-pyrrole nitrogens is 1. The number of anilines is 1. The molecule has 10 nitrogen and oxygen atoms in total. The Bertz CT molecular complexity index is 1200. The molecule has 0 atom stereocenters. The van der Waals surface area contributed by atoms with E-state index in [1.54, 1.807) is 53.9 Å². The molecular formula is C18H13F3N8O2. The van der Waals surface area contributed by atoms with E-state index in [1.807, 2.05) is 0 Å². The number of benzene rings is 1. The summed E-state index contributed by atoms with van der Waals surface area (Å²) in [5.74, 6) is -1.28. The maximum Gasteiger partial charge on any atom is 0.451 e. The van der Waals surface area contributed by atoms with Crippen LogP contribution in [-0.2, 0) is 6.18 Å². The number of aromatic amines is 1. The highest BCUT2D eigenvalue weighted by Gasteiger charge is 2.35. The van der Waals surface area contributed by atoms with Gasteiger partial charge >= 0.3 is 6.18 Å². The van der Waals surface area contributed by atoms with Crippen molar-refractivity contribution in [3.63, 3.8) is 0 Å². The van der Waals surface area contributed by atoms with Gasteiger partial charge in [0.25, 0.3) is 11.9 Å². The van der Waals surface area contributed by atoms with Gasteiger partial charge in [0.2, 0.25) is 11.6 Å². The van der Waals surface area contributed by atoms with Crippen LogP contribution in [0.1, 0.15) is 22.3 Å². The second-order valence-corrected chi connectivity index (χ2v) is 6.14. The van der Waals surface area contributed by atoms with Crippen molar-refractivity contribution in [2.45, 2.75) is 13.1 Å². The highest BCUT2D eigenvalue weighted by atomic mass is 19.4. The standard InChI is InChI=1S/C18H13F3N8O2/c1-10-23-14(28-29(10)17-25-16(26-27-17)18(19,20)21)15(30)24-11-2-4-12(5-3-11)31-13-6-8-22-9-7-13/h2-9H,1H3,(H,24,30)(H,25,26,27). The molecule has 13 heteroatoms. The summed E-state index contributed by atoms with van der Waals surface area (Å²) in [6.45, 7) is 1.46. The quantitative estimate of drug-likeness (QED) is 0.498. The van der Waals surface area contributed by atoms with Gasteiger partial charge in [-0.3, -0.25) is 14.9 Å². The Morgan fingerprint density at radius 2 is 1.74 bits per heavy atom. The van der Waals surface area contributed by atoms with E-state index in [1.165, 1.54) is 6.92 Å². The molecule has 0 saturated heterocycles. The fourth-order valence-corrected chi connectivity index (χ4v) is 2.49. The molecule has 0 radical (unpaired) electrons. The van der Waals surface area contributed by atoms with Crippen LogP contribution in [0.25, 0.3) is 5.95 Å². The number of alkyl halides is 3. The Labute approximate surface area is 172 Å². The average molecular weight is 430 g/mol. The van der Waals surface area contributed by atoms with E-state index in [0.717, 1.165) is 4.68 Å². The smallest absolute Gasteiger partial charge is 0.451 e. The van der Waals surface area contributed by atoms with Gasteiger partial charge in [-0.25, -0.2) is 4.98 Å². The number of hydrogen-bond donors (Lipinski definition) is 2. The number of halogens is 3. The topological polar surface area (TPSA) is 124 Å². The lowest BCUT2D eigenvalue weighted by molar-refractivity contribution is -0.144. The molecule has 3 aromatic heterocycles. The zero-order valence-corrected chi connectivity index (χ0v) is 15.8. The summed E-state index contributed by atoms with van der Waals surface area (Å²) in [5, 5.41) is 11.7. The minimum absolute atomic E-state index is 0.138. The number of aryl methyl sites for hydroxylation is 1. The van der Waals surface area contributed by atoms with E-state index in [-0.39, 0.29) is 17.6 Å². The van der Waals surface area contributed by atoms with Crippen molar-refractivity contribution in [1.29, 1.82) is 0 Å². The van der Waals surface area contributed by atoms with E-state index in [4.69, 9.17) is 4.74 Å². The number of nitrogens with zero attached hydrogens (tertiary/aromatic N) is 6. The fraction of sp³-hybridized carbons (Fsp3) is 0.111. The lowest BCUT2D eigenvalue weighted by Crippen LogP contribution is -2.14. The first kappa shape index (κ1) is 20.0. The normalized spacial score (nSPS) is 11.4. The molecule has 0 saturated carbocycles. The lowest BCUT2D eigenvalue weighted by atomic mass is 10.3. The van der Waals surface area contributed by atoms with E-state index in [0.29, 0.717) is 17.2 Å². The summed E-state index contributed by atoms with van der Waals surface area (Å²) < 4.78 is 44.6. The molecule has 0 unspecified atom stereocenters. The van der Waals surface area contributed by atoms with Crippen molar-refractivity contribution in [2.24, 2.45) is 0 Å². The van der Waals surface area contributed by atoms with Gasteiger partial charge in [0, 0.05) is 18.1 Å². The van der Waals surface area contributed by atoms with E-state index in [2.05, 4.69) is 30.5 Å². The summed E-state index contributed by atoms with van der Waals surface area (Å²) in [7, 11) is 0. The van der Waals surface area contributed by atoms with Crippen molar-refractivity contribution in [1.82, 2.24) is 34.9 Å². The molecule has 4 aromatic rings. The monoisotopic (exact) mass is 430 g/mol. The van der Waals surface area contributed by atoms with Crippen LogP contribution in [0.3, 0.4) is 0 Å². The predicted octanol–water partition coefficient (Wildman–Crippen LogP) is 3.15. The third-order valence-electron chi connectivity index (χ3n) is 3.90. The van der Waals surface area contributed by atoms with E-state index >= 15 is 0 Å². The molecule has 31 heavy (non-hydrogen) atoms. The van der Waals surface area contributed by atoms with E-state index < -0.39 is 17.9 Å². The molecule has 0 aliphatic rings.